The average Bonchev–Trinajstić information content (AvgIpc) is 2.94. The fourth-order valence-electron chi connectivity index (χ4n) is 3.43. The number of rotatable bonds is 9. The summed E-state index contributed by atoms with van der Waals surface area (Å²) in [6.45, 7) is 1.87. The number of ether oxygens (including phenoxy) is 2. The molecular weight excluding hydrogens is 518 g/mol. The van der Waals surface area contributed by atoms with E-state index in [-0.39, 0.29) is 16.2 Å². The summed E-state index contributed by atoms with van der Waals surface area (Å²) in [7, 11) is -2.30. The molecule has 0 spiro atoms. The molecule has 10 heteroatoms. The highest BCUT2D eigenvalue weighted by Crippen LogP contribution is 2.28. The van der Waals surface area contributed by atoms with Crippen molar-refractivity contribution in [1.29, 1.82) is 0 Å². The number of hydrazone groups is 1. The Bertz CT molecular complexity index is 1600. The van der Waals surface area contributed by atoms with Crippen molar-refractivity contribution in [1.82, 2.24) is 5.43 Å². The van der Waals surface area contributed by atoms with Crippen molar-refractivity contribution in [3.63, 3.8) is 0 Å². The van der Waals surface area contributed by atoms with Gasteiger partial charge in [0.1, 0.15) is 0 Å². The Labute approximate surface area is 226 Å². The molecule has 4 aromatic rings. The third kappa shape index (κ3) is 7.08. The first kappa shape index (κ1) is 27.1. The lowest BCUT2D eigenvalue weighted by atomic mass is 10.2. The van der Waals surface area contributed by atoms with Gasteiger partial charge in [0, 0.05) is 11.3 Å². The first-order chi connectivity index (χ1) is 18.7. The molecule has 0 aromatic heterocycles. The topological polar surface area (TPSA) is 123 Å². The lowest BCUT2D eigenvalue weighted by molar-refractivity contribution is 0.0729. The van der Waals surface area contributed by atoms with E-state index in [4.69, 9.17) is 9.47 Å². The van der Waals surface area contributed by atoms with Crippen molar-refractivity contribution in [2.45, 2.75) is 11.8 Å². The molecule has 0 aliphatic rings. The van der Waals surface area contributed by atoms with E-state index in [2.05, 4.69) is 15.2 Å². The first-order valence-corrected chi connectivity index (χ1v) is 13.2. The number of amides is 1. The van der Waals surface area contributed by atoms with Gasteiger partial charge in [-0.3, -0.25) is 9.52 Å². The average molecular weight is 544 g/mol. The van der Waals surface area contributed by atoms with Crippen LogP contribution >= 0.6 is 0 Å². The summed E-state index contributed by atoms with van der Waals surface area (Å²) in [5.41, 5.74) is 4.97. The van der Waals surface area contributed by atoms with Crippen molar-refractivity contribution in [3.8, 4) is 11.5 Å². The Kier molecular flexibility index (Phi) is 8.37. The summed E-state index contributed by atoms with van der Waals surface area (Å²) < 4.78 is 38.3. The summed E-state index contributed by atoms with van der Waals surface area (Å²) in [4.78, 5) is 24.9. The molecule has 39 heavy (non-hydrogen) atoms. The van der Waals surface area contributed by atoms with Gasteiger partial charge in [0.25, 0.3) is 15.9 Å². The molecular formula is C29H25N3O6S. The Morgan fingerprint density at radius 1 is 0.821 bits per heavy atom. The monoisotopic (exact) mass is 543 g/mol. The van der Waals surface area contributed by atoms with Crippen molar-refractivity contribution in [3.05, 3.63) is 119 Å². The fourth-order valence-corrected chi connectivity index (χ4v) is 4.49. The van der Waals surface area contributed by atoms with E-state index in [0.29, 0.717) is 22.6 Å². The highest BCUT2D eigenvalue weighted by atomic mass is 32.2. The number of nitrogens with zero attached hydrogens (tertiary/aromatic N) is 1. The number of hydrogen-bond acceptors (Lipinski definition) is 7. The van der Waals surface area contributed by atoms with E-state index in [9.17, 15) is 18.0 Å². The van der Waals surface area contributed by atoms with Gasteiger partial charge in [0.2, 0.25) is 0 Å². The molecule has 4 rings (SSSR count). The maximum absolute atomic E-state index is 12.5. The molecule has 4 aromatic carbocycles. The SMILES string of the molecule is COc1cc(C=NNC(=O)c2ccc(NS(=O)(=O)c3ccc(C)cc3)cc2)ccc1OC(=O)c1ccccc1. The Morgan fingerprint density at radius 2 is 1.51 bits per heavy atom. The maximum Gasteiger partial charge on any atom is 0.343 e. The van der Waals surface area contributed by atoms with E-state index in [1.54, 1.807) is 60.7 Å². The van der Waals surface area contributed by atoms with Gasteiger partial charge >= 0.3 is 5.97 Å². The van der Waals surface area contributed by atoms with Crippen molar-refractivity contribution >= 4 is 33.8 Å². The van der Waals surface area contributed by atoms with Gasteiger partial charge < -0.3 is 9.47 Å². The highest BCUT2D eigenvalue weighted by Gasteiger charge is 2.15. The molecule has 0 saturated heterocycles. The predicted molar refractivity (Wildman–Crippen MR) is 148 cm³/mol. The molecule has 0 fully saturated rings. The zero-order chi connectivity index (χ0) is 27.8. The van der Waals surface area contributed by atoms with E-state index in [0.717, 1.165) is 5.56 Å². The van der Waals surface area contributed by atoms with E-state index < -0.39 is 21.9 Å². The smallest absolute Gasteiger partial charge is 0.343 e. The number of methoxy groups -OCH3 is 1. The van der Waals surface area contributed by atoms with Crippen LogP contribution in [0, 0.1) is 6.92 Å². The number of anilines is 1. The Balaban J connectivity index is 1.36. The quantitative estimate of drug-likeness (QED) is 0.135. The molecule has 1 amide bonds. The summed E-state index contributed by atoms with van der Waals surface area (Å²) >= 11 is 0. The molecule has 0 atom stereocenters. The second kappa shape index (κ2) is 12.1. The van der Waals surface area contributed by atoms with Gasteiger partial charge in [0.15, 0.2) is 11.5 Å². The molecule has 0 aliphatic heterocycles. The third-order valence-corrected chi connectivity index (χ3v) is 6.91. The number of hydrogen-bond donors (Lipinski definition) is 2. The van der Waals surface area contributed by atoms with Gasteiger partial charge in [-0.15, -0.1) is 0 Å². The van der Waals surface area contributed by atoms with E-state index in [1.165, 1.54) is 49.7 Å². The molecule has 2 N–H and O–H groups in total. The van der Waals surface area contributed by atoms with Gasteiger partial charge in [-0.2, -0.15) is 5.10 Å². The highest BCUT2D eigenvalue weighted by molar-refractivity contribution is 7.92. The maximum atomic E-state index is 12.5. The van der Waals surface area contributed by atoms with Crippen LogP contribution in [0.15, 0.2) is 107 Å². The van der Waals surface area contributed by atoms with Crippen LogP contribution in [0.4, 0.5) is 5.69 Å². The standard InChI is InChI=1S/C29H25N3O6S/c1-20-8-15-25(16-9-20)39(35,36)32-24-13-11-22(12-14-24)28(33)31-30-19-21-10-17-26(27(18-21)37-2)38-29(34)23-6-4-3-5-7-23/h3-19,32H,1-2H3,(H,31,33). The summed E-state index contributed by atoms with van der Waals surface area (Å²) in [6.07, 6.45) is 1.41. The van der Waals surface area contributed by atoms with Crippen LogP contribution in [0.5, 0.6) is 11.5 Å². The Morgan fingerprint density at radius 3 is 2.18 bits per heavy atom. The van der Waals surface area contributed by atoms with Crippen LogP contribution in [0.1, 0.15) is 31.8 Å². The zero-order valence-corrected chi connectivity index (χ0v) is 21.9. The fraction of sp³-hybridized carbons (Fsp3) is 0.0690. The number of benzene rings is 4. The number of esters is 1. The number of aryl methyl sites for hydroxylation is 1. The second-order valence-corrected chi connectivity index (χ2v) is 10.0. The largest absolute Gasteiger partial charge is 0.493 e. The first-order valence-electron chi connectivity index (χ1n) is 11.7. The van der Waals surface area contributed by atoms with Crippen LogP contribution in [0.25, 0.3) is 0 Å². The van der Waals surface area contributed by atoms with Gasteiger partial charge in [-0.25, -0.2) is 18.6 Å². The van der Waals surface area contributed by atoms with Crippen LogP contribution in [-0.4, -0.2) is 33.6 Å². The number of carbonyl (C=O) groups excluding carboxylic acids is 2. The molecule has 0 bridgehead atoms. The van der Waals surface area contributed by atoms with E-state index >= 15 is 0 Å². The molecule has 0 saturated carbocycles. The van der Waals surface area contributed by atoms with Crippen LogP contribution in [0.3, 0.4) is 0 Å². The molecule has 198 valence electrons. The number of carbonyl (C=O) groups is 2. The summed E-state index contributed by atoms with van der Waals surface area (Å²) in [6, 6.07) is 25.8. The third-order valence-electron chi connectivity index (χ3n) is 5.51. The molecule has 0 radical (unpaired) electrons. The number of nitrogens with one attached hydrogen (secondary N) is 2. The van der Waals surface area contributed by atoms with Gasteiger partial charge in [0.05, 0.1) is 23.8 Å². The van der Waals surface area contributed by atoms with Crippen molar-refractivity contribution in [2.75, 3.05) is 11.8 Å². The van der Waals surface area contributed by atoms with Crippen molar-refractivity contribution < 1.29 is 27.5 Å². The van der Waals surface area contributed by atoms with E-state index in [1.807, 2.05) is 6.92 Å². The lowest BCUT2D eigenvalue weighted by Gasteiger charge is -2.10. The normalized spacial score (nSPS) is 11.1. The van der Waals surface area contributed by atoms with Gasteiger partial charge in [-0.1, -0.05) is 35.9 Å². The summed E-state index contributed by atoms with van der Waals surface area (Å²) in [5.74, 6) is -0.444. The molecule has 0 aliphatic carbocycles. The van der Waals surface area contributed by atoms with Crippen molar-refractivity contribution in [2.24, 2.45) is 5.10 Å². The second-order valence-electron chi connectivity index (χ2n) is 8.36. The summed E-state index contributed by atoms with van der Waals surface area (Å²) in [5, 5.41) is 3.96. The minimum Gasteiger partial charge on any atom is -0.493 e. The van der Waals surface area contributed by atoms with Crippen LogP contribution in [0.2, 0.25) is 0 Å². The minimum absolute atomic E-state index is 0.142. The Hall–Kier alpha value is -4.96. The van der Waals surface area contributed by atoms with Gasteiger partial charge in [-0.05, 0) is 79.2 Å². The number of sulfonamides is 1. The van der Waals surface area contributed by atoms with Crippen LogP contribution < -0.4 is 19.6 Å². The lowest BCUT2D eigenvalue weighted by Crippen LogP contribution is -2.18. The molecule has 0 unspecified atom stereocenters. The molecule has 9 nitrogen and oxygen atoms in total. The zero-order valence-electron chi connectivity index (χ0n) is 21.1. The van der Waals surface area contributed by atoms with Crippen LogP contribution in [-0.2, 0) is 10.0 Å². The predicted octanol–water partition coefficient (Wildman–Crippen LogP) is 4.79. The molecule has 0 heterocycles. The minimum atomic E-state index is -3.75.